The third kappa shape index (κ3) is 3.56. The van der Waals surface area contributed by atoms with Crippen molar-refractivity contribution >= 4 is 22.8 Å². The van der Waals surface area contributed by atoms with Crippen LogP contribution in [0.1, 0.15) is 24.7 Å². The molecule has 1 aliphatic heterocycles. The Kier molecular flexibility index (Phi) is 4.93. The largest absolute Gasteiger partial charge is 0.364 e. The van der Waals surface area contributed by atoms with E-state index in [0.717, 1.165) is 66.1 Å². The monoisotopic (exact) mass is 415 g/mol. The Hall–Kier alpha value is -3.62. The van der Waals surface area contributed by atoms with Crippen LogP contribution >= 0.6 is 0 Å². The first kappa shape index (κ1) is 19.3. The number of nitrogens with one attached hydrogen (secondary N) is 1. The first-order chi connectivity index (χ1) is 15.1. The predicted octanol–water partition coefficient (Wildman–Crippen LogP) is 3.01. The normalized spacial score (nSPS) is 16.2. The maximum atomic E-state index is 4.89. The first-order valence-electron chi connectivity index (χ1n) is 10.6. The van der Waals surface area contributed by atoms with Gasteiger partial charge in [-0.25, -0.2) is 29.9 Å². The van der Waals surface area contributed by atoms with Gasteiger partial charge in [0.25, 0.3) is 0 Å². The Morgan fingerprint density at radius 3 is 2.71 bits per heavy atom. The molecule has 158 valence electrons. The quantitative estimate of drug-likeness (QED) is 0.531. The summed E-state index contributed by atoms with van der Waals surface area (Å²) in [6, 6.07) is 4.34. The van der Waals surface area contributed by atoms with E-state index < -0.39 is 0 Å². The minimum Gasteiger partial charge on any atom is -0.364 e. The molecule has 9 nitrogen and oxygen atoms in total. The second-order valence-corrected chi connectivity index (χ2v) is 7.81. The van der Waals surface area contributed by atoms with E-state index in [1.807, 2.05) is 19.2 Å². The molecule has 4 aromatic rings. The molecule has 0 spiro atoms. The predicted molar refractivity (Wildman–Crippen MR) is 120 cm³/mol. The fourth-order valence-corrected chi connectivity index (χ4v) is 4.14. The van der Waals surface area contributed by atoms with Crippen LogP contribution in [0, 0.1) is 13.8 Å². The highest BCUT2D eigenvalue weighted by molar-refractivity contribution is 5.86. The zero-order chi connectivity index (χ0) is 21.4. The first-order valence-corrected chi connectivity index (χ1v) is 10.6. The Morgan fingerprint density at radius 1 is 1.10 bits per heavy atom. The summed E-state index contributed by atoms with van der Waals surface area (Å²) < 4.78 is 2.08. The van der Waals surface area contributed by atoms with Crippen LogP contribution in [0.3, 0.4) is 0 Å². The zero-order valence-corrected chi connectivity index (χ0v) is 17.9. The number of aryl methyl sites for hydroxylation is 3. The van der Waals surface area contributed by atoms with E-state index in [1.165, 1.54) is 5.56 Å². The molecule has 0 aliphatic carbocycles. The summed E-state index contributed by atoms with van der Waals surface area (Å²) in [5, 5.41) is 3.60. The lowest BCUT2D eigenvalue weighted by atomic mass is 10.2. The summed E-state index contributed by atoms with van der Waals surface area (Å²) in [4.78, 5) is 29.5. The number of hydrogen-bond donors (Lipinski definition) is 1. The van der Waals surface area contributed by atoms with Gasteiger partial charge in [0.05, 0.1) is 5.56 Å². The molecule has 9 heteroatoms. The minimum absolute atomic E-state index is 0.262. The van der Waals surface area contributed by atoms with Gasteiger partial charge in [0.2, 0.25) is 0 Å². The standard InChI is InChI=1S/C22H25N9/c1-4-31-21(16-10-24-15(3)25-11-16)29-18-19(26-13-27-22(18)31)28-17-7-9-30(12-17)20-14(2)6-5-8-23-20/h5-6,8,10-11,13,17H,4,7,9,12H2,1-3H3,(H,26,27,28)/t17-/m0/s1. The van der Waals surface area contributed by atoms with Crippen molar-refractivity contribution in [2.45, 2.75) is 39.8 Å². The summed E-state index contributed by atoms with van der Waals surface area (Å²) in [6.07, 6.45) is 8.07. The van der Waals surface area contributed by atoms with Gasteiger partial charge in [-0.2, -0.15) is 0 Å². The van der Waals surface area contributed by atoms with E-state index in [4.69, 9.17) is 4.98 Å². The molecule has 31 heavy (non-hydrogen) atoms. The van der Waals surface area contributed by atoms with Crippen LogP contribution in [0.4, 0.5) is 11.6 Å². The van der Waals surface area contributed by atoms with E-state index in [9.17, 15) is 0 Å². The number of hydrogen-bond acceptors (Lipinski definition) is 8. The van der Waals surface area contributed by atoms with Crippen molar-refractivity contribution in [3.8, 4) is 11.4 Å². The highest BCUT2D eigenvalue weighted by Crippen LogP contribution is 2.28. The van der Waals surface area contributed by atoms with Crippen molar-refractivity contribution in [2.24, 2.45) is 0 Å². The number of fused-ring (bicyclic) bond motifs is 1. The Bertz CT molecular complexity index is 1220. The van der Waals surface area contributed by atoms with Gasteiger partial charge in [-0.05, 0) is 38.8 Å². The lowest BCUT2D eigenvalue weighted by Crippen LogP contribution is -2.27. The van der Waals surface area contributed by atoms with Crippen molar-refractivity contribution in [3.05, 3.63) is 48.4 Å². The maximum absolute atomic E-state index is 4.89. The van der Waals surface area contributed by atoms with Crippen LogP contribution in [0.2, 0.25) is 0 Å². The Labute approximate surface area is 180 Å². The smallest absolute Gasteiger partial charge is 0.165 e. The molecule has 0 radical (unpaired) electrons. The molecule has 4 aromatic heterocycles. The molecule has 5 heterocycles. The molecule has 1 aliphatic rings. The fourth-order valence-electron chi connectivity index (χ4n) is 4.14. The number of pyridine rings is 1. The number of rotatable bonds is 5. The molecule has 0 unspecified atom stereocenters. The van der Waals surface area contributed by atoms with Gasteiger partial charge < -0.3 is 14.8 Å². The second kappa shape index (κ2) is 7.90. The number of anilines is 2. The average molecular weight is 416 g/mol. The van der Waals surface area contributed by atoms with Crippen LogP contribution in [-0.4, -0.2) is 53.6 Å². The van der Waals surface area contributed by atoms with Gasteiger partial charge >= 0.3 is 0 Å². The van der Waals surface area contributed by atoms with Crippen molar-refractivity contribution < 1.29 is 0 Å². The summed E-state index contributed by atoms with van der Waals surface area (Å²) in [6.45, 7) is 8.63. The molecule has 5 rings (SSSR count). The molecule has 1 atom stereocenters. The highest BCUT2D eigenvalue weighted by atomic mass is 15.2. The van der Waals surface area contributed by atoms with Gasteiger partial charge in [0.15, 0.2) is 17.0 Å². The number of imidazole rings is 1. The minimum atomic E-state index is 0.262. The van der Waals surface area contributed by atoms with Crippen LogP contribution in [-0.2, 0) is 6.54 Å². The molecule has 0 saturated carbocycles. The van der Waals surface area contributed by atoms with Gasteiger partial charge in [-0.3, -0.25) is 0 Å². The van der Waals surface area contributed by atoms with Gasteiger partial charge in [0, 0.05) is 44.3 Å². The Morgan fingerprint density at radius 2 is 1.94 bits per heavy atom. The molecule has 1 saturated heterocycles. The average Bonchev–Trinajstić information content (AvgIpc) is 3.39. The van der Waals surface area contributed by atoms with E-state index in [-0.39, 0.29) is 6.04 Å². The molecular weight excluding hydrogens is 390 g/mol. The van der Waals surface area contributed by atoms with Gasteiger partial charge in [-0.1, -0.05) is 6.07 Å². The summed E-state index contributed by atoms with van der Waals surface area (Å²) in [7, 11) is 0. The van der Waals surface area contributed by atoms with E-state index in [2.05, 4.69) is 59.6 Å². The fraction of sp³-hybridized carbons (Fsp3) is 0.364. The lowest BCUT2D eigenvalue weighted by Gasteiger charge is -2.19. The molecular formula is C22H25N9. The summed E-state index contributed by atoms with van der Waals surface area (Å²) >= 11 is 0. The van der Waals surface area contributed by atoms with E-state index in [1.54, 1.807) is 18.7 Å². The van der Waals surface area contributed by atoms with Gasteiger partial charge in [0.1, 0.15) is 23.8 Å². The topological polar surface area (TPSA) is 97.5 Å². The third-order valence-electron chi connectivity index (χ3n) is 5.70. The Balaban J connectivity index is 1.44. The van der Waals surface area contributed by atoms with Crippen LogP contribution in [0.25, 0.3) is 22.6 Å². The SMILES string of the molecule is CCn1c(-c2cnc(C)nc2)nc2c(N[C@H]3CCN(c4ncccc4C)C3)ncnc21. The van der Waals surface area contributed by atoms with Crippen molar-refractivity contribution in [1.29, 1.82) is 0 Å². The van der Waals surface area contributed by atoms with Crippen LogP contribution in [0.5, 0.6) is 0 Å². The third-order valence-corrected chi connectivity index (χ3v) is 5.70. The van der Waals surface area contributed by atoms with Crippen LogP contribution < -0.4 is 10.2 Å². The molecule has 0 aromatic carbocycles. The van der Waals surface area contributed by atoms with Crippen molar-refractivity contribution in [3.63, 3.8) is 0 Å². The zero-order valence-electron chi connectivity index (χ0n) is 17.9. The molecule has 1 N–H and O–H groups in total. The van der Waals surface area contributed by atoms with Gasteiger partial charge in [-0.15, -0.1) is 0 Å². The molecule has 0 amide bonds. The maximum Gasteiger partial charge on any atom is 0.165 e. The highest BCUT2D eigenvalue weighted by Gasteiger charge is 2.26. The molecule has 0 bridgehead atoms. The summed E-state index contributed by atoms with van der Waals surface area (Å²) in [5.74, 6) is 3.35. The summed E-state index contributed by atoms with van der Waals surface area (Å²) in [5.41, 5.74) is 3.65. The van der Waals surface area contributed by atoms with Crippen molar-refractivity contribution in [2.75, 3.05) is 23.3 Å². The van der Waals surface area contributed by atoms with Crippen molar-refractivity contribution in [1.82, 2.24) is 34.5 Å². The number of nitrogens with zero attached hydrogens (tertiary/aromatic N) is 8. The number of aromatic nitrogens is 7. The lowest BCUT2D eigenvalue weighted by molar-refractivity contribution is 0.783. The van der Waals surface area contributed by atoms with E-state index in [0.29, 0.717) is 0 Å². The van der Waals surface area contributed by atoms with Crippen LogP contribution in [0.15, 0.2) is 37.1 Å². The van der Waals surface area contributed by atoms with E-state index >= 15 is 0 Å². The molecule has 1 fully saturated rings. The second-order valence-electron chi connectivity index (χ2n) is 7.81.